The molecular formula is C20H24N8O2. The first-order valence-corrected chi connectivity index (χ1v) is 9.47. The van der Waals surface area contributed by atoms with Crippen LogP contribution in [0.2, 0.25) is 0 Å². The summed E-state index contributed by atoms with van der Waals surface area (Å²) in [6.07, 6.45) is 8.02. The van der Waals surface area contributed by atoms with Crippen molar-refractivity contribution in [1.29, 1.82) is 5.41 Å². The second-order valence-corrected chi connectivity index (χ2v) is 7.13. The molecule has 0 saturated heterocycles. The fourth-order valence-electron chi connectivity index (χ4n) is 2.79. The van der Waals surface area contributed by atoms with E-state index in [0.717, 1.165) is 18.5 Å². The summed E-state index contributed by atoms with van der Waals surface area (Å²) in [6.45, 7) is 0. The molecular weight excluding hydrogens is 384 g/mol. The van der Waals surface area contributed by atoms with Crippen LogP contribution >= 0.6 is 0 Å². The molecule has 1 aliphatic carbocycles. The summed E-state index contributed by atoms with van der Waals surface area (Å²) in [5, 5.41) is 13.9. The molecule has 2 aromatic heterocycles. The smallest absolute Gasteiger partial charge is 0.272 e. The summed E-state index contributed by atoms with van der Waals surface area (Å²) in [5.41, 5.74) is 1.81. The first-order chi connectivity index (χ1) is 14.4. The molecule has 156 valence electrons. The molecule has 0 bridgehead atoms. The summed E-state index contributed by atoms with van der Waals surface area (Å²) in [6, 6.07) is 2.71. The van der Waals surface area contributed by atoms with E-state index in [1.54, 1.807) is 32.6 Å². The van der Waals surface area contributed by atoms with E-state index in [1.807, 2.05) is 6.07 Å². The molecule has 0 radical (unpaired) electrons. The molecule has 1 saturated carbocycles. The highest BCUT2D eigenvalue weighted by molar-refractivity contribution is 6.42. The normalized spacial score (nSPS) is 14.2. The van der Waals surface area contributed by atoms with Crippen LogP contribution < -0.4 is 10.6 Å². The molecule has 1 unspecified atom stereocenters. The van der Waals surface area contributed by atoms with E-state index in [1.165, 1.54) is 24.5 Å². The van der Waals surface area contributed by atoms with E-state index in [0.29, 0.717) is 17.3 Å². The number of anilines is 2. The van der Waals surface area contributed by atoms with Gasteiger partial charge in [-0.15, -0.1) is 0 Å². The average molecular weight is 408 g/mol. The Morgan fingerprint density at radius 2 is 1.97 bits per heavy atom. The SMILES string of the molecule is CN=CC(NC(=O)c1nc(C2CC2)ccc1Nc1cncnc1)C(=N)C(=O)N(C)C. The summed E-state index contributed by atoms with van der Waals surface area (Å²) < 4.78 is 0. The topological polar surface area (TPSA) is 136 Å². The van der Waals surface area contributed by atoms with Crippen LogP contribution in [0.3, 0.4) is 0 Å². The van der Waals surface area contributed by atoms with Gasteiger partial charge in [0.05, 0.1) is 23.8 Å². The highest BCUT2D eigenvalue weighted by atomic mass is 16.2. The van der Waals surface area contributed by atoms with Crippen molar-refractivity contribution >= 4 is 35.1 Å². The van der Waals surface area contributed by atoms with Gasteiger partial charge in [0.25, 0.3) is 11.8 Å². The Labute approximate surface area is 174 Å². The van der Waals surface area contributed by atoms with E-state index in [2.05, 4.69) is 30.6 Å². The number of hydrogen-bond donors (Lipinski definition) is 3. The van der Waals surface area contributed by atoms with Crippen LogP contribution in [0.15, 0.2) is 35.8 Å². The van der Waals surface area contributed by atoms with Crippen molar-refractivity contribution in [3.63, 3.8) is 0 Å². The van der Waals surface area contributed by atoms with Crippen molar-refractivity contribution in [2.24, 2.45) is 4.99 Å². The van der Waals surface area contributed by atoms with Gasteiger partial charge in [0.15, 0.2) is 5.69 Å². The monoisotopic (exact) mass is 408 g/mol. The number of aliphatic imine (C=N–C) groups is 1. The Hall–Kier alpha value is -3.69. The number of carbonyl (C=O) groups excluding carboxylic acids is 2. The number of pyridine rings is 1. The number of hydrogen-bond acceptors (Lipinski definition) is 8. The average Bonchev–Trinajstić information content (AvgIpc) is 3.58. The predicted molar refractivity (Wildman–Crippen MR) is 114 cm³/mol. The highest BCUT2D eigenvalue weighted by Gasteiger charge is 2.29. The number of carbonyl (C=O) groups is 2. The van der Waals surface area contributed by atoms with Gasteiger partial charge in [-0.25, -0.2) is 15.0 Å². The molecule has 3 rings (SSSR count). The minimum atomic E-state index is -0.975. The molecule has 1 aliphatic rings. The number of nitrogens with one attached hydrogen (secondary N) is 3. The molecule has 1 fully saturated rings. The van der Waals surface area contributed by atoms with E-state index in [-0.39, 0.29) is 11.4 Å². The largest absolute Gasteiger partial charge is 0.351 e. The van der Waals surface area contributed by atoms with Crippen molar-refractivity contribution < 1.29 is 9.59 Å². The molecule has 2 amide bonds. The lowest BCUT2D eigenvalue weighted by Gasteiger charge is -2.19. The van der Waals surface area contributed by atoms with Gasteiger partial charge in [-0.1, -0.05) is 0 Å². The minimum Gasteiger partial charge on any atom is -0.351 e. The van der Waals surface area contributed by atoms with E-state index < -0.39 is 17.9 Å². The third-order valence-corrected chi connectivity index (χ3v) is 4.50. The van der Waals surface area contributed by atoms with Gasteiger partial charge in [0.1, 0.15) is 18.1 Å². The van der Waals surface area contributed by atoms with Crippen LogP contribution in [-0.2, 0) is 4.79 Å². The first-order valence-electron chi connectivity index (χ1n) is 9.47. The molecule has 1 atom stereocenters. The van der Waals surface area contributed by atoms with Crippen molar-refractivity contribution in [3.8, 4) is 0 Å². The third-order valence-electron chi connectivity index (χ3n) is 4.50. The number of nitrogens with zero attached hydrogens (tertiary/aromatic N) is 5. The van der Waals surface area contributed by atoms with Gasteiger partial charge in [-0.2, -0.15) is 0 Å². The second-order valence-electron chi connectivity index (χ2n) is 7.13. The zero-order valence-electron chi connectivity index (χ0n) is 17.1. The fourth-order valence-corrected chi connectivity index (χ4v) is 2.79. The standard InChI is InChI=1S/C20H24N8O2/c1-22-10-16(17(21)20(30)28(2)3)27-19(29)18-15(25-13-8-23-11-24-9-13)7-6-14(26-18)12-4-5-12/h6-12,16,21,25H,4-5H2,1-3H3,(H,27,29). The zero-order valence-corrected chi connectivity index (χ0v) is 17.1. The van der Waals surface area contributed by atoms with E-state index in [4.69, 9.17) is 5.41 Å². The molecule has 30 heavy (non-hydrogen) atoms. The van der Waals surface area contributed by atoms with Crippen molar-refractivity contribution in [2.75, 3.05) is 26.5 Å². The molecule has 10 heteroatoms. The molecule has 10 nitrogen and oxygen atoms in total. The van der Waals surface area contributed by atoms with Gasteiger partial charge in [0.2, 0.25) is 0 Å². The van der Waals surface area contributed by atoms with E-state index >= 15 is 0 Å². The summed E-state index contributed by atoms with van der Waals surface area (Å²) in [7, 11) is 4.61. The minimum absolute atomic E-state index is 0.169. The molecule has 3 N–H and O–H groups in total. The maximum absolute atomic E-state index is 13.1. The Kier molecular flexibility index (Phi) is 6.45. The predicted octanol–water partition coefficient (Wildman–Crippen LogP) is 1.40. The summed E-state index contributed by atoms with van der Waals surface area (Å²) in [5.74, 6) is -0.676. The summed E-state index contributed by atoms with van der Waals surface area (Å²) >= 11 is 0. The third kappa shape index (κ3) is 5.02. The van der Waals surface area contributed by atoms with Crippen LogP contribution in [0.4, 0.5) is 11.4 Å². The molecule has 2 aromatic rings. The zero-order chi connectivity index (χ0) is 21.7. The first kappa shape index (κ1) is 21.0. The quantitative estimate of drug-likeness (QED) is 0.565. The van der Waals surface area contributed by atoms with Gasteiger partial charge in [0, 0.05) is 39.0 Å². The van der Waals surface area contributed by atoms with Crippen LogP contribution in [0.1, 0.15) is 34.9 Å². The van der Waals surface area contributed by atoms with Crippen LogP contribution in [0, 0.1) is 5.41 Å². The number of amides is 2. The van der Waals surface area contributed by atoms with Crippen molar-refractivity contribution in [1.82, 2.24) is 25.2 Å². The van der Waals surface area contributed by atoms with Crippen LogP contribution in [0.5, 0.6) is 0 Å². The number of rotatable bonds is 8. The van der Waals surface area contributed by atoms with Crippen LogP contribution in [0.25, 0.3) is 0 Å². The maximum atomic E-state index is 13.1. The molecule has 2 heterocycles. The second kappa shape index (κ2) is 9.21. The molecule has 0 aromatic carbocycles. The van der Waals surface area contributed by atoms with Gasteiger partial charge in [-0.3, -0.25) is 20.0 Å². The number of aromatic nitrogens is 3. The van der Waals surface area contributed by atoms with Crippen molar-refractivity contribution in [3.05, 3.63) is 42.2 Å². The fraction of sp³-hybridized carbons (Fsp3) is 0.350. The van der Waals surface area contributed by atoms with E-state index in [9.17, 15) is 9.59 Å². The Morgan fingerprint density at radius 1 is 1.27 bits per heavy atom. The Balaban J connectivity index is 1.89. The summed E-state index contributed by atoms with van der Waals surface area (Å²) in [4.78, 5) is 42.9. The lowest BCUT2D eigenvalue weighted by Crippen LogP contribution is -2.48. The van der Waals surface area contributed by atoms with Gasteiger partial charge in [-0.05, 0) is 25.0 Å². The lowest BCUT2D eigenvalue weighted by atomic mass is 10.1. The van der Waals surface area contributed by atoms with Gasteiger partial charge >= 0.3 is 0 Å². The maximum Gasteiger partial charge on any atom is 0.272 e. The Bertz CT molecular complexity index is 970. The molecule has 0 spiro atoms. The Morgan fingerprint density at radius 3 is 2.57 bits per heavy atom. The molecule has 0 aliphatic heterocycles. The van der Waals surface area contributed by atoms with Crippen LogP contribution in [-0.4, -0.2) is 70.8 Å². The van der Waals surface area contributed by atoms with Crippen molar-refractivity contribution in [2.45, 2.75) is 24.8 Å². The van der Waals surface area contributed by atoms with Gasteiger partial charge < -0.3 is 15.5 Å². The lowest BCUT2D eigenvalue weighted by molar-refractivity contribution is -0.121. The highest BCUT2D eigenvalue weighted by Crippen LogP contribution is 2.39.